The second kappa shape index (κ2) is 4.65. The van der Waals surface area contributed by atoms with E-state index in [0.717, 1.165) is 25.0 Å². The molecule has 1 amide bonds. The molecule has 0 bridgehead atoms. The maximum Gasteiger partial charge on any atom is 0.257 e. The molecule has 0 aliphatic heterocycles. The summed E-state index contributed by atoms with van der Waals surface area (Å²) in [5.74, 6) is -2.43. The van der Waals surface area contributed by atoms with Gasteiger partial charge in [0.25, 0.3) is 5.91 Å². The summed E-state index contributed by atoms with van der Waals surface area (Å²) in [5.41, 5.74) is -0.858. The molecule has 6 heteroatoms. The van der Waals surface area contributed by atoms with Crippen molar-refractivity contribution >= 4 is 37.8 Å². The SMILES string of the molecule is O=C(NC1(CBr)CC1)c1c(F)cc(Br)cc1F. The predicted octanol–water partition coefficient (Wildman–Crippen LogP) is 3.38. The van der Waals surface area contributed by atoms with E-state index in [-0.39, 0.29) is 10.0 Å². The van der Waals surface area contributed by atoms with Crippen LogP contribution in [0.25, 0.3) is 0 Å². The molecule has 1 aliphatic rings. The van der Waals surface area contributed by atoms with Crippen molar-refractivity contribution < 1.29 is 13.6 Å². The number of halogens is 4. The van der Waals surface area contributed by atoms with Gasteiger partial charge >= 0.3 is 0 Å². The van der Waals surface area contributed by atoms with Crippen LogP contribution in [0.2, 0.25) is 0 Å². The van der Waals surface area contributed by atoms with Gasteiger partial charge in [0.15, 0.2) is 0 Å². The number of nitrogens with one attached hydrogen (secondary N) is 1. The monoisotopic (exact) mass is 367 g/mol. The molecule has 1 fully saturated rings. The van der Waals surface area contributed by atoms with Crippen molar-refractivity contribution in [3.05, 3.63) is 33.8 Å². The fourth-order valence-corrected chi connectivity index (χ4v) is 2.61. The standard InChI is InChI=1S/C11H9Br2F2NO/c12-5-11(1-2-11)16-10(17)9-7(14)3-6(13)4-8(9)15/h3-4H,1-2,5H2,(H,16,17). The number of alkyl halides is 1. The topological polar surface area (TPSA) is 29.1 Å². The minimum atomic E-state index is -0.861. The molecule has 1 aromatic carbocycles. The third-order valence-electron chi connectivity index (χ3n) is 2.72. The van der Waals surface area contributed by atoms with E-state index < -0.39 is 23.1 Å². The van der Waals surface area contributed by atoms with Crippen LogP contribution in [0.15, 0.2) is 16.6 Å². The van der Waals surface area contributed by atoms with Gasteiger partial charge in [-0.1, -0.05) is 31.9 Å². The lowest BCUT2D eigenvalue weighted by atomic mass is 10.1. The van der Waals surface area contributed by atoms with Crippen LogP contribution in [-0.4, -0.2) is 16.8 Å². The molecule has 0 heterocycles. The van der Waals surface area contributed by atoms with Gasteiger partial charge in [-0.25, -0.2) is 8.78 Å². The van der Waals surface area contributed by atoms with E-state index >= 15 is 0 Å². The highest BCUT2D eigenvalue weighted by Crippen LogP contribution is 2.37. The lowest BCUT2D eigenvalue weighted by Crippen LogP contribution is -2.38. The molecule has 0 saturated heterocycles. The zero-order valence-corrected chi connectivity index (χ0v) is 11.9. The van der Waals surface area contributed by atoms with Crippen molar-refractivity contribution in [3.8, 4) is 0 Å². The summed E-state index contributed by atoms with van der Waals surface area (Å²) in [6, 6.07) is 2.15. The summed E-state index contributed by atoms with van der Waals surface area (Å²) in [6.07, 6.45) is 1.65. The van der Waals surface area contributed by atoms with Gasteiger partial charge in [0.2, 0.25) is 0 Å². The molecule has 2 rings (SSSR count). The fourth-order valence-electron chi connectivity index (χ4n) is 1.51. The lowest BCUT2D eigenvalue weighted by Gasteiger charge is -2.14. The van der Waals surface area contributed by atoms with E-state index in [9.17, 15) is 13.6 Å². The van der Waals surface area contributed by atoms with Crippen LogP contribution in [0.3, 0.4) is 0 Å². The fraction of sp³-hybridized carbons (Fsp3) is 0.364. The molecule has 92 valence electrons. The summed E-state index contributed by atoms with van der Waals surface area (Å²) in [7, 11) is 0. The number of benzene rings is 1. The Balaban J connectivity index is 2.25. The maximum atomic E-state index is 13.5. The smallest absolute Gasteiger partial charge is 0.257 e. The molecule has 1 saturated carbocycles. The Morgan fingerprint density at radius 3 is 2.29 bits per heavy atom. The van der Waals surface area contributed by atoms with E-state index in [2.05, 4.69) is 37.2 Å². The highest BCUT2D eigenvalue weighted by Gasteiger charge is 2.43. The Hall–Kier alpha value is -0.490. The van der Waals surface area contributed by atoms with E-state index in [1.54, 1.807) is 0 Å². The van der Waals surface area contributed by atoms with Gasteiger partial charge in [0.1, 0.15) is 17.2 Å². The number of carbonyl (C=O) groups excluding carboxylic acids is 1. The Kier molecular flexibility index (Phi) is 3.54. The van der Waals surface area contributed by atoms with Gasteiger partial charge in [-0.3, -0.25) is 4.79 Å². The van der Waals surface area contributed by atoms with Crippen LogP contribution in [0.1, 0.15) is 23.2 Å². The van der Waals surface area contributed by atoms with Gasteiger partial charge in [-0.15, -0.1) is 0 Å². The summed E-state index contributed by atoms with van der Waals surface area (Å²) in [5, 5.41) is 3.24. The first kappa shape index (κ1) is 13.0. The molecule has 0 unspecified atom stereocenters. The highest BCUT2D eigenvalue weighted by atomic mass is 79.9. The average Bonchev–Trinajstić information content (AvgIpc) is 2.96. The molecule has 1 aromatic rings. The number of hydrogen-bond acceptors (Lipinski definition) is 1. The first-order valence-electron chi connectivity index (χ1n) is 5.00. The van der Waals surface area contributed by atoms with E-state index in [4.69, 9.17) is 0 Å². The van der Waals surface area contributed by atoms with Crippen LogP contribution < -0.4 is 5.32 Å². The second-order valence-electron chi connectivity index (χ2n) is 4.11. The van der Waals surface area contributed by atoms with Gasteiger partial charge in [0, 0.05) is 9.80 Å². The molecule has 17 heavy (non-hydrogen) atoms. The molecule has 0 spiro atoms. The zero-order chi connectivity index (χ0) is 12.6. The predicted molar refractivity (Wildman–Crippen MR) is 67.3 cm³/mol. The molecule has 2 nitrogen and oxygen atoms in total. The van der Waals surface area contributed by atoms with Crippen LogP contribution in [0, 0.1) is 11.6 Å². The Bertz CT molecular complexity index is 452. The maximum absolute atomic E-state index is 13.5. The Labute approximate surface area is 114 Å². The molecule has 1 aliphatic carbocycles. The third-order valence-corrected chi connectivity index (χ3v) is 4.25. The van der Waals surface area contributed by atoms with Gasteiger partial charge in [0.05, 0.1) is 5.54 Å². The molecular weight excluding hydrogens is 360 g/mol. The highest BCUT2D eigenvalue weighted by molar-refractivity contribution is 9.10. The first-order valence-corrected chi connectivity index (χ1v) is 6.92. The summed E-state index contributed by atoms with van der Waals surface area (Å²) < 4.78 is 27.3. The quantitative estimate of drug-likeness (QED) is 0.814. The van der Waals surface area contributed by atoms with E-state index in [1.807, 2.05) is 0 Å². The summed E-state index contributed by atoms with van der Waals surface area (Å²) in [6.45, 7) is 0. The zero-order valence-electron chi connectivity index (χ0n) is 8.70. The Morgan fingerprint density at radius 1 is 1.35 bits per heavy atom. The normalized spacial score (nSPS) is 16.7. The van der Waals surface area contributed by atoms with Gasteiger partial charge in [-0.05, 0) is 25.0 Å². The summed E-state index contributed by atoms with van der Waals surface area (Å²) in [4.78, 5) is 11.8. The van der Waals surface area contributed by atoms with Crippen molar-refractivity contribution in [2.75, 3.05) is 5.33 Å². The lowest BCUT2D eigenvalue weighted by molar-refractivity contribution is 0.0928. The molecular formula is C11H9Br2F2NO. The number of rotatable bonds is 3. The molecule has 0 radical (unpaired) electrons. The minimum Gasteiger partial charge on any atom is -0.346 e. The number of hydrogen-bond donors (Lipinski definition) is 1. The first-order chi connectivity index (χ1) is 7.97. The average molecular weight is 369 g/mol. The van der Waals surface area contributed by atoms with Crippen molar-refractivity contribution in [1.82, 2.24) is 5.32 Å². The van der Waals surface area contributed by atoms with E-state index in [0.29, 0.717) is 5.33 Å². The van der Waals surface area contributed by atoms with Crippen molar-refractivity contribution in [2.45, 2.75) is 18.4 Å². The molecule has 0 atom stereocenters. The largest absolute Gasteiger partial charge is 0.346 e. The van der Waals surface area contributed by atoms with Crippen molar-refractivity contribution in [3.63, 3.8) is 0 Å². The molecule has 1 N–H and O–H groups in total. The minimum absolute atomic E-state index is 0.269. The molecule has 0 aromatic heterocycles. The second-order valence-corrected chi connectivity index (χ2v) is 5.59. The van der Waals surface area contributed by atoms with Crippen molar-refractivity contribution in [1.29, 1.82) is 0 Å². The van der Waals surface area contributed by atoms with Crippen LogP contribution in [0.5, 0.6) is 0 Å². The van der Waals surface area contributed by atoms with Crippen LogP contribution in [0.4, 0.5) is 8.78 Å². The summed E-state index contributed by atoms with van der Waals surface area (Å²) >= 11 is 6.24. The van der Waals surface area contributed by atoms with Crippen molar-refractivity contribution in [2.24, 2.45) is 0 Å². The Morgan fingerprint density at radius 2 is 1.88 bits per heavy atom. The van der Waals surface area contributed by atoms with Gasteiger partial charge in [-0.2, -0.15) is 0 Å². The van der Waals surface area contributed by atoms with Crippen LogP contribution >= 0.6 is 31.9 Å². The van der Waals surface area contributed by atoms with Gasteiger partial charge < -0.3 is 5.32 Å². The third kappa shape index (κ3) is 2.68. The number of amides is 1. The van der Waals surface area contributed by atoms with Crippen LogP contribution in [-0.2, 0) is 0 Å². The van der Waals surface area contributed by atoms with E-state index in [1.165, 1.54) is 0 Å². The number of carbonyl (C=O) groups is 1.